The van der Waals surface area contributed by atoms with E-state index in [9.17, 15) is 4.79 Å². The van der Waals surface area contributed by atoms with Crippen LogP contribution in [0.3, 0.4) is 0 Å². The van der Waals surface area contributed by atoms with Gasteiger partial charge in [0.1, 0.15) is 17.0 Å². The van der Waals surface area contributed by atoms with Crippen molar-refractivity contribution in [2.75, 3.05) is 20.3 Å². The molecule has 0 bridgehead atoms. The van der Waals surface area contributed by atoms with E-state index in [0.29, 0.717) is 23.3 Å². The van der Waals surface area contributed by atoms with Crippen molar-refractivity contribution < 1.29 is 9.47 Å². The number of aryl methyl sites for hydroxylation is 2. The van der Waals surface area contributed by atoms with E-state index >= 15 is 0 Å². The zero-order valence-electron chi connectivity index (χ0n) is 14.8. The minimum absolute atomic E-state index is 0.136. The number of aromatic amines is 1. The monoisotopic (exact) mass is 354 g/mol. The Balaban J connectivity index is 1.62. The molecule has 7 heteroatoms. The fourth-order valence-corrected chi connectivity index (χ4v) is 3.46. The Morgan fingerprint density at radius 1 is 1.27 bits per heavy atom. The molecule has 2 aromatic heterocycles. The Hall–Kier alpha value is -2.67. The van der Waals surface area contributed by atoms with Crippen LogP contribution in [0.2, 0.25) is 0 Å². The van der Waals surface area contributed by atoms with E-state index in [2.05, 4.69) is 10.1 Å². The van der Waals surface area contributed by atoms with Gasteiger partial charge in [0.05, 0.1) is 19.3 Å². The van der Waals surface area contributed by atoms with E-state index in [4.69, 9.17) is 14.5 Å². The third-order valence-electron chi connectivity index (χ3n) is 4.87. The number of rotatable bonds is 5. The average Bonchev–Trinajstić information content (AvgIpc) is 3.12. The number of para-hydroxylation sites is 1. The van der Waals surface area contributed by atoms with Crippen molar-refractivity contribution in [2.24, 2.45) is 0 Å². The summed E-state index contributed by atoms with van der Waals surface area (Å²) in [4.78, 5) is 20.0. The van der Waals surface area contributed by atoms with E-state index in [0.717, 1.165) is 43.8 Å². The normalized spacial score (nSPS) is 15.4. The SMILES string of the molecule is COc1ccccc1CCc1nc2c(cnn2C2CCOCC2)c(=O)[nH]1. The molecule has 0 saturated carbocycles. The maximum atomic E-state index is 12.4. The molecular formula is C19H22N4O3. The average molecular weight is 354 g/mol. The zero-order chi connectivity index (χ0) is 17.9. The van der Waals surface area contributed by atoms with Crippen LogP contribution >= 0.6 is 0 Å². The quantitative estimate of drug-likeness (QED) is 0.760. The van der Waals surface area contributed by atoms with Crippen LogP contribution in [-0.4, -0.2) is 40.1 Å². The second kappa shape index (κ2) is 7.29. The summed E-state index contributed by atoms with van der Waals surface area (Å²) in [6.07, 6.45) is 4.76. The number of ether oxygens (including phenoxy) is 2. The molecular weight excluding hydrogens is 332 g/mol. The number of benzene rings is 1. The summed E-state index contributed by atoms with van der Waals surface area (Å²) in [5.74, 6) is 1.52. The molecule has 0 amide bonds. The number of H-pyrrole nitrogens is 1. The van der Waals surface area contributed by atoms with E-state index in [1.807, 2.05) is 28.9 Å². The maximum absolute atomic E-state index is 12.4. The Morgan fingerprint density at radius 2 is 2.08 bits per heavy atom. The second-order valence-corrected chi connectivity index (χ2v) is 6.49. The molecule has 136 valence electrons. The highest BCUT2D eigenvalue weighted by Crippen LogP contribution is 2.23. The Bertz CT molecular complexity index is 957. The van der Waals surface area contributed by atoms with E-state index < -0.39 is 0 Å². The van der Waals surface area contributed by atoms with Crippen LogP contribution in [-0.2, 0) is 17.6 Å². The van der Waals surface area contributed by atoms with Crippen LogP contribution in [0.1, 0.15) is 30.3 Å². The fourth-order valence-electron chi connectivity index (χ4n) is 3.46. The summed E-state index contributed by atoms with van der Waals surface area (Å²) in [7, 11) is 1.66. The first kappa shape index (κ1) is 16.8. The molecule has 1 aliphatic rings. The van der Waals surface area contributed by atoms with Crippen LogP contribution < -0.4 is 10.3 Å². The highest BCUT2D eigenvalue weighted by atomic mass is 16.5. The first-order valence-corrected chi connectivity index (χ1v) is 8.92. The number of nitrogens with one attached hydrogen (secondary N) is 1. The third kappa shape index (κ3) is 3.22. The summed E-state index contributed by atoms with van der Waals surface area (Å²) in [6, 6.07) is 8.13. The van der Waals surface area contributed by atoms with Crippen LogP contribution in [0.15, 0.2) is 35.3 Å². The van der Waals surface area contributed by atoms with Gasteiger partial charge in [0, 0.05) is 19.6 Å². The van der Waals surface area contributed by atoms with Crippen molar-refractivity contribution in [3.63, 3.8) is 0 Å². The van der Waals surface area contributed by atoms with Gasteiger partial charge >= 0.3 is 0 Å². The molecule has 3 aromatic rings. The summed E-state index contributed by atoms with van der Waals surface area (Å²) in [5, 5.41) is 4.96. The number of aromatic nitrogens is 4. The van der Waals surface area contributed by atoms with Gasteiger partial charge in [0.25, 0.3) is 5.56 Å². The van der Waals surface area contributed by atoms with Gasteiger partial charge in [0.15, 0.2) is 5.65 Å². The van der Waals surface area contributed by atoms with Crippen molar-refractivity contribution in [3.8, 4) is 5.75 Å². The molecule has 0 atom stereocenters. The van der Waals surface area contributed by atoms with Crippen LogP contribution in [0, 0.1) is 0 Å². The summed E-state index contributed by atoms with van der Waals surface area (Å²) >= 11 is 0. The van der Waals surface area contributed by atoms with Gasteiger partial charge in [-0.25, -0.2) is 9.67 Å². The molecule has 1 N–H and O–H groups in total. The third-order valence-corrected chi connectivity index (χ3v) is 4.87. The molecule has 0 spiro atoms. The molecule has 1 aromatic carbocycles. The minimum Gasteiger partial charge on any atom is -0.496 e. The number of methoxy groups -OCH3 is 1. The number of hydrogen-bond acceptors (Lipinski definition) is 5. The molecule has 3 heterocycles. The van der Waals surface area contributed by atoms with Crippen molar-refractivity contribution in [1.82, 2.24) is 19.7 Å². The maximum Gasteiger partial charge on any atom is 0.262 e. The summed E-state index contributed by atoms with van der Waals surface area (Å²) in [6.45, 7) is 1.44. The molecule has 7 nitrogen and oxygen atoms in total. The standard InChI is InChI=1S/C19H22N4O3/c1-25-16-5-3-2-4-13(16)6-7-17-21-18-15(19(24)22-17)12-20-23(18)14-8-10-26-11-9-14/h2-5,12,14H,6-11H2,1H3,(H,21,22,24). The molecule has 1 fully saturated rings. The fraction of sp³-hybridized carbons (Fsp3) is 0.421. The van der Waals surface area contributed by atoms with Gasteiger partial charge in [-0.3, -0.25) is 4.79 Å². The highest BCUT2D eigenvalue weighted by molar-refractivity contribution is 5.73. The smallest absolute Gasteiger partial charge is 0.262 e. The van der Waals surface area contributed by atoms with E-state index in [1.54, 1.807) is 13.3 Å². The lowest BCUT2D eigenvalue weighted by atomic mass is 10.1. The Morgan fingerprint density at radius 3 is 2.88 bits per heavy atom. The second-order valence-electron chi connectivity index (χ2n) is 6.49. The number of fused-ring (bicyclic) bond motifs is 1. The number of nitrogens with zero attached hydrogens (tertiary/aromatic N) is 3. The molecule has 4 rings (SSSR count). The predicted molar refractivity (Wildman–Crippen MR) is 97.6 cm³/mol. The summed E-state index contributed by atoms with van der Waals surface area (Å²) in [5.41, 5.74) is 1.62. The van der Waals surface area contributed by atoms with Crippen LogP contribution in [0.4, 0.5) is 0 Å². The summed E-state index contributed by atoms with van der Waals surface area (Å²) < 4.78 is 12.7. The number of hydrogen-bond donors (Lipinski definition) is 1. The van der Waals surface area contributed by atoms with Crippen LogP contribution in [0.5, 0.6) is 5.75 Å². The Labute approximate surface area is 151 Å². The lowest BCUT2D eigenvalue weighted by molar-refractivity contribution is 0.0673. The van der Waals surface area contributed by atoms with Crippen molar-refractivity contribution in [2.45, 2.75) is 31.7 Å². The largest absolute Gasteiger partial charge is 0.496 e. The van der Waals surface area contributed by atoms with Gasteiger partial charge in [0.2, 0.25) is 0 Å². The first-order chi connectivity index (χ1) is 12.8. The molecule has 0 radical (unpaired) electrons. The van der Waals surface area contributed by atoms with Crippen LogP contribution in [0.25, 0.3) is 11.0 Å². The van der Waals surface area contributed by atoms with Gasteiger partial charge in [-0.2, -0.15) is 5.10 Å². The first-order valence-electron chi connectivity index (χ1n) is 8.92. The van der Waals surface area contributed by atoms with Crippen molar-refractivity contribution in [3.05, 3.63) is 52.2 Å². The zero-order valence-corrected chi connectivity index (χ0v) is 14.8. The molecule has 0 unspecified atom stereocenters. The molecule has 0 aliphatic carbocycles. The topological polar surface area (TPSA) is 82.0 Å². The lowest BCUT2D eigenvalue weighted by Gasteiger charge is -2.22. The molecule has 1 saturated heterocycles. The molecule has 1 aliphatic heterocycles. The van der Waals surface area contributed by atoms with Crippen molar-refractivity contribution in [1.29, 1.82) is 0 Å². The van der Waals surface area contributed by atoms with Gasteiger partial charge < -0.3 is 14.5 Å². The van der Waals surface area contributed by atoms with Crippen molar-refractivity contribution >= 4 is 11.0 Å². The van der Waals surface area contributed by atoms with Gasteiger partial charge in [-0.15, -0.1) is 0 Å². The van der Waals surface area contributed by atoms with Gasteiger partial charge in [-0.05, 0) is 30.9 Å². The van der Waals surface area contributed by atoms with Gasteiger partial charge in [-0.1, -0.05) is 18.2 Å². The lowest BCUT2D eigenvalue weighted by Crippen LogP contribution is -2.21. The Kier molecular flexibility index (Phi) is 4.71. The van der Waals surface area contributed by atoms with E-state index in [1.165, 1.54) is 0 Å². The minimum atomic E-state index is -0.136. The predicted octanol–water partition coefficient (Wildman–Crippen LogP) is 2.26. The molecule has 26 heavy (non-hydrogen) atoms. The van der Waals surface area contributed by atoms with E-state index in [-0.39, 0.29) is 11.6 Å². The highest BCUT2D eigenvalue weighted by Gasteiger charge is 2.20.